The molecule has 2 heterocycles. The third kappa shape index (κ3) is 3.87. The van der Waals surface area contributed by atoms with Gasteiger partial charge in [-0.1, -0.05) is 25.1 Å². The van der Waals surface area contributed by atoms with Gasteiger partial charge in [-0.25, -0.2) is 0 Å². The summed E-state index contributed by atoms with van der Waals surface area (Å²) in [4.78, 5) is 14.7. The van der Waals surface area contributed by atoms with Crippen molar-refractivity contribution < 1.29 is 19.0 Å². The molecule has 5 heteroatoms. The van der Waals surface area contributed by atoms with Crippen LogP contribution < -0.4 is 14.2 Å². The molecular formula is C22H25NO4. The van der Waals surface area contributed by atoms with Crippen LogP contribution in [0.15, 0.2) is 42.5 Å². The van der Waals surface area contributed by atoms with Crippen molar-refractivity contribution >= 4 is 5.91 Å². The Morgan fingerprint density at radius 1 is 1.11 bits per heavy atom. The summed E-state index contributed by atoms with van der Waals surface area (Å²) in [6.07, 6.45) is 2.94. The molecule has 27 heavy (non-hydrogen) atoms. The van der Waals surface area contributed by atoms with Crippen molar-refractivity contribution in [1.82, 2.24) is 4.90 Å². The molecule has 1 atom stereocenters. The largest absolute Gasteiger partial charge is 0.486 e. The van der Waals surface area contributed by atoms with Crippen molar-refractivity contribution in [3.63, 3.8) is 0 Å². The summed E-state index contributed by atoms with van der Waals surface area (Å²) in [5.41, 5.74) is 2.35. The molecule has 0 N–H and O–H groups in total. The molecule has 2 aromatic rings. The lowest BCUT2D eigenvalue weighted by atomic mass is 10.0. The molecule has 1 fully saturated rings. The maximum Gasteiger partial charge on any atom is 0.261 e. The predicted octanol–water partition coefficient (Wildman–Crippen LogP) is 3.76. The van der Waals surface area contributed by atoms with Gasteiger partial charge >= 0.3 is 0 Å². The minimum absolute atomic E-state index is 0.0203. The molecule has 2 aliphatic rings. The van der Waals surface area contributed by atoms with Gasteiger partial charge in [0, 0.05) is 6.54 Å². The number of rotatable bonds is 5. The van der Waals surface area contributed by atoms with Gasteiger partial charge in [-0.2, -0.15) is 0 Å². The van der Waals surface area contributed by atoms with Crippen LogP contribution in [0.3, 0.4) is 0 Å². The minimum Gasteiger partial charge on any atom is -0.486 e. The summed E-state index contributed by atoms with van der Waals surface area (Å²) in [6.45, 7) is 4.08. The zero-order valence-electron chi connectivity index (χ0n) is 15.6. The van der Waals surface area contributed by atoms with Crippen LogP contribution in [0.1, 0.15) is 36.9 Å². The normalized spacial score (nSPS) is 18.4. The highest BCUT2D eigenvalue weighted by Crippen LogP contribution is 2.38. The van der Waals surface area contributed by atoms with E-state index in [1.54, 1.807) is 0 Å². The van der Waals surface area contributed by atoms with Crippen LogP contribution in [0.2, 0.25) is 0 Å². The van der Waals surface area contributed by atoms with Gasteiger partial charge in [0.25, 0.3) is 5.91 Å². The number of carbonyl (C=O) groups is 1. The van der Waals surface area contributed by atoms with E-state index in [1.807, 2.05) is 47.4 Å². The first-order valence-electron chi connectivity index (χ1n) is 9.65. The van der Waals surface area contributed by atoms with Gasteiger partial charge in [-0.15, -0.1) is 0 Å². The van der Waals surface area contributed by atoms with E-state index >= 15 is 0 Å². The molecule has 1 unspecified atom stereocenters. The first-order valence-corrected chi connectivity index (χ1v) is 9.65. The number of benzene rings is 2. The van der Waals surface area contributed by atoms with Crippen LogP contribution in [0.4, 0.5) is 0 Å². The Morgan fingerprint density at radius 3 is 2.67 bits per heavy atom. The van der Waals surface area contributed by atoms with E-state index in [1.165, 1.54) is 5.56 Å². The maximum atomic E-state index is 12.8. The van der Waals surface area contributed by atoms with Crippen molar-refractivity contribution in [2.75, 3.05) is 26.4 Å². The Labute approximate surface area is 159 Å². The molecule has 1 saturated heterocycles. The van der Waals surface area contributed by atoms with E-state index in [4.69, 9.17) is 14.2 Å². The summed E-state index contributed by atoms with van der Waals surface area (Å²) in [5.74, 6) is 2.30. The second-order valence-corrected chi connectivity index (χ2v) is 6.93. The average Bonchev–Trinajstić information content (AvgIpc) is 3.22. The molecule has 0 aromatic heterocycles. The van der Waals surface area contributed by atoms with Gasteiger partial charge in [-0.3, -0.25) is 4.79 Å². The first kappa shape index (κ1) is 17.7. The summed E-state index contributed by atoms with van der Waals surface area (Å²) in [5, 5.41) is 0. The van der Waals surface area contributed by atoms with E-state index in [-0.39, 0.29) is 18.6 Å². The topological polar surface area (TPSA) is 48.0 Å². The average molecular weight is 367 g/mol. The Kier molecular flexibility index (Phi) is 5.19. The van der Waals surface area contributed by atoms with Gasteiger partial charge < -0.3 is 19.1 Å². The fraction of sp³-hybridized carbons (Fsp3) is 0.409. The molecule has 2 aromatic carbocycles. The van der Waals surface area contributed by atoms with E-state index in [9.17, 15) is 4.79 Å². The van der Waals surface area contributed by atoms with Crippen molar-refractivity contribution in [2.24, 2.45) is 0 Å². The molecule has 1 amide bonds. The third-order valence-electron chi connectivity index (χ3n) is 5.22. The number of carbonyl (C=O) groups excluding carboxylic acids is 1. The van der Waals surface area contributed by atoms with Gasteiger partial charge in [0.05, 0.1) is 6.04 Å². The molecule has 4 rings (SSSR count). The van der Waals surface area contributed by atoms with Crippen LogP contribution in [0.5, 0.6) is 17.2 Å². The number of aryl methyl sites for hydroxylation is 1. The predicted molar refractivity (Wildman–Crippen MR) is 102 cm³/mol. The quantitative estimate of drug-likeness (QED) is 0.807. The monoisotopic (exact) mass is 367 g/mol. The van der Waals surface area contributed by atoms with Crippen molar-refractivity contribution in [2.45, 2.75) is 32.2 Å². The van der Waals surface area contributed by atoms with Crippen molar-refractivity contribution in [3.05, 3.63) is 53.6 Å². The van der Waals surface area contributed by atoms with Gasteiger partial charge in [0.2, 0.25) is 0 Å². The Hall–Kier alpha value is -2.69. The van der Waals surface area contributed by atoms with Gasteiger partial charge in [0.1, 0.15) is 19.0 Å². The number of nitrogens with zero attached hydrogens (tertiary/aromatic N) is 1. The van der Waals surface area contributed by atoms with Crippen LogP contribution >= 0.6 is 0 Å². The smallest absolute Gasteiger partial charge is 0.261 e. The molecule has 0 saturated carbocycles. The minimum atomic E-state index is 0.0203. The van der Waals surface area contributed by atoms with Gasteiger partial charge in [-0.05, 0) is 54.7 Å². The van der Waals surface area contributed by atoms with E-state index in [0.29, 0.717) is 13.2 Å². The fourth-order valence-corrected chi connectivity index (χ4v) is 3.73. The second-order valence-electron chi connectivity index (χ2n) is 6.93. The summed E-state index contributed by atoms with van der Waals surface area (Å²) in [7, 11) is 0. The summed E-state index contributed by atoms with van der Waals surface area (Å²) < 4.78 is 17.0. The lowest BCUT2D eigenvalue weighted by Crippen LogP contribution is -2.34. The third-order valence-corrected chi connectivity index (χ3v) is 5.22. The lowest BCUT2D eigenvalue weighted by molar-refractivity contribution is -0.134. The number of hydrogen-bond acceptors (Lipinski definition) is 4. The summed E-state index contributed by atoms with van der Waals surface area (Å²) in [6, 6.07) is 14.0. The molecule has 2 aliphatic heterocycles. The lowest BCUT2D eigenvalue weighted by Gasteiger charge is -2.26. The Balaban J connectivity index is 1.42. The molecule has 0 spiro atoms. The molecule has 0 radical (unpaired) electrons. The number of likely N-dealkylation sites (tertiary alicyclic amines) is 1. The Bertz CT molecular complexity index is 802. The first-order chi connectivity index (χ1) is 13.2. The van der Waals surface area contributed by atoms with Crippen molar-refractivity contribution in [3.8, 4) is 17.2 Å². The molecule has 142 valence electrons. The standard InChI is InChI=1S/C22H25NO4/c1-2-16-5-8-18(9-6-16)27-15-22(24)23-11-3-4-19(23)17-7-10-20-21(14-17)26-13-12-25-20/h5-10,14,19H,2-4,11-13,15H2,1H3. The molecular weight excluding hydrogens is 342 g/mol. The molecule has 5 nitrogen and oxygen atoms in total. The van der Waals surface area contributed by atoms with Crippen LogP contribution in [0, 0.1) is 0 Å². The highest BCUT2D eigenvalue weighted by atomic mass is 16.6. The van der Waals surface area contributed by atoms with Gasteiger partial charge in [0.15, 0.2) is 18.1 Å². The second kappa shape index (κ2) is 7.91. The highest BCUT2D eigenvalue weighted by molar-refractivity contribution is 5.78. The van der Waals surface area contributed by atoms with E-state index < -0.39 is 0 Å². The molecule has 0 aliphatic carbocycles. The number of hydrogen-bond donors (Lipinski definition) is 0. The van der Waals surface area contributed by atoms with Crippen LogP contribution in [-0.4, -0.2) is 37.2 Å². The van der Waals surface area contributed by atoms with E-state index in [2.05, 4.69) is 6.92 Å². The SMILES string of the molecule is CCc1ccc(OCC(=O)N2CCCC2c2ccc3c(c2)OCCO3)cc1. The summed E-state index contributed by atoms with van der Waals surface area (Å²) >= 11 is 0. The van der Waals surface area contributed by atoms with E-state index in [0.717, 1.165) is 48.6 Å². The fourth-order valence-electron chi connectivity index (χ4n) is 3.73. The Morgan fingerprint density at radius 2 is 1.89 bits per heavy atom. The van der Waals surface area contributed by atoms with Crippen LogP contribution in [-0.2, 0) is 11.2 Å². The number of fused-ring (bicyclic) bond motifs is 1. The highest BCUT2D eigenvalue weighted by Gasteiger charge is 2.31. The maximum absolute atomic E-state index is 12.8. The zero-order valence-corrected chi connectivity index (χ0v) is 15.6. The number of ether oxygens (including phenoxy) is 3. The zero-order chi connectivity index (χ0) is 18.6. The van der Waals surface area contributed by atoms with Crippen molar-refractivity contribution in [1.29, 1.82) is 0 Å². The molecule has 0 bridgehead atoms. The van der Waals surface area contributed by atoms with Crippen LogP contribution in [0.25, 0.3) is 0 Å². The number of amides is 1.